The number of rotatable bonds is 4. The van der Waals surface area contributed by atoms with Gasteiger partial charge in [0.2, 0.25) is 0 Å². The zero-order valence-electron chi connectivity index (χ0n) is 16.1. The number of piperazine rings is 1. The Morgan fingerprint density at radius 2 is 1.79 bits per heavy atom. The van der Waals surface area contributed by atoms with E-state index in [4.69, 9.17) is 4.42 Å². The van der Waals surface area contributed by atoms with E-state index in [0.29, 0.717) is 43.9 Å². The average Bonchev–Trinajstić information content (AvgIpc) is 3.15. The minimum atomic E-state index is -3.42. The predicted octanol–water partition coefficient (Wildman–Crippen LogP) is 0.911. The number of hydrogen-bond acceptors (Lipinski definition) is 6. The first-order chi connectivity index (χ1) is 13.3. The summed E-state index contributed by atoms with van der Waals surface area (Å²) in [5.74, 6) is 0.0944. The van der Waals surface area contributed by atoms with E-state index in [2.05, 4.69) is 4.90 Å². The first kappa shape index (κ1) is 19.4. The molecule has 0 saturated carbocycles. The Morgan fingerprint density at radius 1 is 1.11 bits per heavy atom. The third-order valence-corrected chi connectivity index (χ3v) is 7.66. The molecule has 1 saturated heterocycles. The molecular formula is C19H25N3O5S. The lowest BCUT2D eigenvalue weighted by atomic mass is 10.0. The van der Waals surface area contributed by atoms with Gasteiger partial charge < -0.3 is 9.52 Å². The summed E-state index contributed by atoms with van der Waals surface area (Å²) < 4.78 is 32.8. The Morgan fingerprint density at radius 3 is 2.46 bits per heavy atom. The Labute approximate surface area is 164 Å². The molecule has 1 fully saturated rings. The predicted molar refractivity (Wildman–Crippen MR) is 106 cm³/mol. The molecule has 0 amide bonds. The fraction of sp³-hybridized carbons (Fsp3) is 0.526. The van der Waals surface area contributed by atoms with Crippen LogP contribution in [-0.4, -0.2) is 67.3 Å². The molecule has 0 spiro atoms. The number of phenols is 1. The summed E-state index contributed by atoms with van der Waals surface area (Å²) in [4.78, 5) is 14.4. The minimum Gasteiger partial charge on any atom is -0.507 e. The number of hydrogen-bond donors (Lipinski definition) is 1. The average molecular weight is 407 g/mol. The van der Waals surface area contributed by atoms with Crippen LogP contribution in [0.1, 0.15) is 23.1 Å². The molecular weight excluding hydrogens is 382 g/mol. The maximum atomic E-state index is 12.4. The van der Waals surface area contributed by atoms with Gasteiger partial charge in [0.1, 0.15) is 11.3 Å². The van der Waals surface area contributed by atoms with Crippen LogP contribution in [0.2, 0.25) is 0 Å². The Bertz CT molecular complexity index is 1070. The number of fused-ring (bicyclic) bond motifs is 3. The largest absolute Gasteiger partial charge is 0.507 e. The summed E-state index contributed by atoms with van der Waals surface area (Å²) in [6.45, 7) is 2.24. The van der Waals surface area contributed by atoms with Crippen LogP contribution in [0.25, 0.3) is 11.0 Å². The highest BCUT2D eigenvalue weighted by Crippen LogP contribution is 2.33. The van der Waals surface area contributed by atoms with Crippen LogP contribution in [0.4, 0.5) is 0 Å². The van der Waals surface area contributed by atoms with Crippen LogP contribution in [0.5, 0.6) is 5.75 Å². The Kier molecular flexibility index (Phi) is 4.95. The van der Waals surface area contributed by atoms with Gasteiger partial charge in [0.25, 0.3) is 10.2 Å². The van der Waals surface area contributed by atoms with E-state index in [1.54, 1.807) is 6.07 Å². The molecule has 9 heteroatoms. The van der Waals surface area contributed by atoms with Crippen LogP contribution in [0.3, 0.4) is 0 Å². The summed E-state index contributed by atoms with van der Waals surface area (Å²) in [6, 6.07) is 3.48. The van der Waals surface area contributed by atoms with Gasteiger partial charge in [-0.1, -0.05) is 0 Å². The SMILES string of the molecule is CN(C)S(=O)(=O)N1CCN(Cc2c(O)ccc3c4c(c(=O)oc23)CCC4)CC1. The van der Waals surface area contributed by atoms with E-state index in [0.717, 1.165) is 35.8 Å². The number of phenolic OH excluding ortho intramolecular Hbond substituents is 1. The number of aryl methyl sites for hydroxylation is 1. The molecule has 1 N–H and O–H groups in total. The molecule has 2 aromatic rings. The molecule has 4 rings (SSSR count). The molecule has 0 bridgehead atoms. The lowest BCUT2D eigenvalue weighted by molar-refractivity contribution is 0.176. The Balaban J connectivity index is 1.60. The standard InChI is InChI=1S/C19H25N3O5S/c1-20(2)28(25,26)22-10-8-21(9-11-22)12-16-17(23)7-6-14-13-4-3-5-15(13)19(24)27-18(14)16/h6-7,23H,3-5,8-12H2,1-2H3. The molecule has 28 heavy (non-hydrogen) atoms. The molecule has 0 atom stereocenters. The van der Waals surface area contributed by atoms with Gasteiger partial charge in [0.05, 0.1) is 5.56 Å². The first-order valence-electron chi connectivity index (χ1n) is 9.48. The number of benzene rings is 1. The molecule has 2 heterocycles. The molecule has 0 unspecified atom stereocenters. The fourth-order valence-corrected chi connectivity index (χ4v) is 5.20. The summed E-state index contributed by atoms with van der Waals surface area (Å²) in [6.07, 6.45) is 2.53. The van der Waals surface area contributed by atoms with Crippen molar-refractivity contribution in [3.8, 4) is 5.75 Å². The van der Waals surface area contributed by atoms with Gasteiger partial charge >= 0.3 is 5.63 Å². The van der Waals surface area contributed by atoms with Crippen molar-refractivity contribution in [1.82, 2.24) is 13.5 Å². The van der Waals surface area contributed by atoms with Crippen molar-refractivity contribution in [3.05, 3.63) is 39.2 Å². The second kappa shape index (κ2) is 7.14. The van der Waals surface area contributed by atoms with E-state index in [-0.39, 0.29) is 11.4 Å². The van der Waals surface area contributed by atoms with E-state index >= 15 is 0 Å². The molecule has 152 valence electrons. The lowest BCUT2D eigenvalue weighted by Gasteiger charge is -2.35. The van der Waals surface area contributed by atoms with E-state index < -0.39 is 10.2 Å². The van der Waals surface area contributed by atoms with Gasteiger partial charge in [0.15, 0.2) is 0 Å². The highest BCUT2D eigenvalue weighted by atomic mass is 32.2. The van der Waals surface area contributed by atoms with Gasteiger partial charge in [0, 0.05) is 57.8 Å². The molecule has 1 aliphatic heterocycles. The monoisotopic (exact) mass is 407 g/mol. The minimum absolute atomic E-state index is 0.0944. The maximum absolute atomic E-state index is 12.4. The third-order valence-electron chi connectivity index (χ3n) is 5.72. The second-order valence-corrected chi connectivity index (χ2v) is 9.75. The zero-order chi connectivity index (χ0) is 20.1. The van der Waals surface area contributed by atoms with E-state index in [1.807, 2.05) is 6.07 Å². The van der Waals surface area contributed by atoms with Crippen LogP contribution in [0, 0.1) is 0 Å². The van der Waals surface area contributed by atoms with Crippen LogP contribution in [0.15, 0.2) is 21.3 Å². The van der Waals surface area contributed by atoms with Crippen molar-refractivity contribution in [1.29, 1.82) is 0 Å². The van der Waals surface area contributed by atoms with Crippen molar-refractivity contribution in [2.45, 2.75) is 25.8 Å². The van der Waals surface area contributed by atoms with Crippen LogP contribution >= 0.6 is 0 Å². The van der Waals surface area contributed by atoms with E-state index in [1.165, 1.54) is 22.7 Å². The van der Waals surface area contributed by atoms with Gasteiger partial charge in [-0.25, -0.2) is 4.79 Å². The normalized spacial score (nSPS) is 18.8. The topological polar surface area (TPSA) is 94.3 Å². The summed E-state index contributed by atoms with van der Waals surface area (Å²) in [5, 5.41) is 11.3. The first-order valence-corrected chi connectivity index (χ1v) is 10.9. The van der Waals surface area contributed by atoms with Crippen molar-refractivity contribution < 1.29 is 17.9 Å². The van der Waals surface area contributed by atoms with Gasteiger partial charge in [-0.05, 0) is 37.0 Å². The molecule has 1 aliphatic carbocycles. The summed E-state index contributed by atoms with van der Waals surface area (Å²) in [7, 11) is -0.373. The molecule has 0 radical (unpaired) electrons. The van der Waals surface area contributed by atoms with E-state index in [9.17, 15) is 18.3 Å². The second-order valence-electron chi connectivity index (χ2n) is 7.61. The van der Waals surface area contributed by atoms with Gasteiger partial charge in [-0.15, -0.1) is 0 Å². The third kappa shape index (κ3) is 3.22. The molecule has 1 aromatic carbocycles. The van der Waals surface area contributed by atoms with Crippen molar-refractivity contribution in [3.63, 3.8) is 0 Å². The smallest absolute Gasteiger partial charge is 0.339 e. The highest BCUT2D eigenvalue weighted by Gasteiger charge is 2.29. The number of aromatic hydroxyl groups is 1. The Hall–Kier alpha value is -1.94. The molecule has 1 aromatic heterocycles. The molecule has 2 aliphatic rings. The maximum Gasteiger partial charge on any atom is 0.339 e. The van der Waals surface area contributed by atoms with Crippen LogP contribution < -0.4 is 5.63 Å². The fourth-order valence-electron chi connectivity index (χ4n) is 4.12. The summed E-state index contributed by atoms with van der Waals surface area (Å²) >= 11 is 0. The zero-order valence-corrected chi connectivity index (χ0v) is 17.0. The summed E-state index contributed by atoms with van der Waals surface area (Å²) in [5.41, 5.74) is 2.52. The quantitative estimate of drug-likeness (QED) is 0.758. The van der Waals surface area contributed by atoms with Crippen molar-refractivity contribution in [2.24, 2.45) is 0 Å². The van der Waals surface area contributed by atoms with Crippen molar-refractivity contribution >= 4 is 21.2 Å². The van der Waals surface area contributed by atoms with Crippen LogP contribution in [-0.2, 0) is 29.6 Å². The van der Waals surface area contributed by atoms with Gasteiger partial charge in [-0.2, -0.15) is 17.0 Å². The molecule has 8 nitrogen and oxygen atoms in total. The lowest BCUT2D eigenvalue weighted by Crippen LogP contribution is -2.51. The van der Waals surface area contributed by atoms with Crippen molar-refractivity contribution in [2.75, 3.05) is 40.3 Å². The van der Waals surface area contributed by atoms with Gasteiger partial charge in [-0.3, -0.25) is 4.90 Å². The number of nitrogens with zero attached hydrogens (tertiary/aromatic N) is 3. The highest BCUT2D eigenvalue weighted by molar-refractivity contribution is 7.86.